The number of morpholine rings is 1. The Balaban J connectivity index is 1.40. The third-order valence-corrected chi connectivity index (χ3v) is 4.96. The van der Waals surface area contributed by atoms with Gasteiger partial charge in [-0.2, -0.15) is 5.10 Å². The van der Waals surface area contributed by atoms with Gasteiger partial charge in [-0.3, -0.25) is 9.89 Å². The molecule has 0 saturated carbocycles. The molecule has 3 aromatic rings. The fourth-order valence-corrected chi connectivity index (χ4v) is 3.37. The second-order valence-electron chi connectivity index (χ2n) is 6.96. The van der Waals surface area contributed by atoms with Gasteiger partial charge in [0.05, 0.1) is 18.9 Å². The number of carbonyl (C=O) groups excluding carboxylic acids is 1. The molecule has 0 atom stereocenters. The normalized spacial score (nSPS) is 14.1. The first kappa shape index (κ1) is 18.3. The van der Waals surface area contributed by atoms with Crippen LogP contribution in [0.1, 0.15) is 16.1 Å². The summed E-state index contributed by atoms with van der Waals surface area (Å²) in [6.45, 7) is 3.92. The van der Waals surface area contributed by atoms with E-state index in [1.165, 1.54) is 5.69 Å². The maximum atomic E-state index is 12.7. The first-order valence-corrected chi connectivity index (χ1v) is 9.48. The van der Waals surface area contributed by atoms with Crippen molar-refractivity contribution in [3.05, 3.63) is 71.9 Å². The topological polar surface area (TPSA) is 61.5 Å². The molecule has 144 valence electrons. The van der Waals surface area contributed by atoms with E-state index in [9.17, 15) is 4.79 Å². The van der Waals surface area contributed by atoms with Crippen molar-refractivity contribution in [3.63, 3.8) is 0 Å². The summed E-state index contributed by atoms with van der Waals surface area (Å²) in [6, 6.07) is 20.0. The van der Waals surface area contributed by atoms with E-state index >= 15 is 0 Å². The number of H-pyrrole nitrogens is 1. The highest BCUT2D eigenvalue weighted by Gasteiger charge is 2.16. The van der Waals surface area contributed by atoms with Gasteiger partial charge in [0.25, 0.3) is 5.91 Å². The molecule has 1 aliphatic heterocycles. The molecule has 6 heteroatoms. The Labute approximate surface area is 164 Å². The fraction of sp³-hybridized carbons (Fsp3) is 0.273. The molecular formula is C22H24N4O2. The number of hydrogen-bond donors (Lipinski definition) is 1. The van der Waals surface area contributed by atoms with Crippen LogP contribution < -0.4 is 4.90 Å². The Morgan fingerprint density at radius 3 is 2.54 bits per heavy atom. The molecule has 6 nitrogen and oxygen atoms in total. The summed E-state index contributed by atoms with van der Waals surface area (Å²) in [4.78, 5) is 16.8. The summed E-state index contributed by atoms with van der Waals surface area (Å²) < 4.78 is 5.40. The molecular weight excluding hydrogens is 352 g/mol. The summed E-state index contributed by atoms with van der Waals surface area (Å²) in [5, 5.41) is 7.14. The molecule has 0 bridgehead atoms. The van der Waals surface area contributed by atoms with Gasteiger partial charge in [-0.15, -0.1) is 0 Å². The third kappa shape index (κ3) is 4.07. The molecule has 0 unspecified atom stereocenters. The number of carbonyl (C=O) groups is 1. The van der Waals surface area contributed by atoms with E-state index in [1.54, 1.807) is 18.0 Å². The largest absolute Gasteiger partial charge is 0.378 e. The van der Waals surface area contributed by atoms with Crippen LogP contribution in [0.3, 0.4) is 0 Å². The second-order valence-corrected chi connectivity index (χ2v) is 6.96. The number of aromatic amines is 1. The lowest BCUT2D eigenvalue weighted by Crippen LogP contribution is -2.36. The number of nitrogens with zero attached hydrogens (tertiary/aromatic N) is 3. The Morgan fingerprint density at radius 1 is 1.11 bits per heavy atom. The van der Waals surface area contributed by atoms with Crippen molar-refractivity contribution in [2.24, 2.45) is 0 Å². The molecule has 1 saturated heterocycles. The van der Waals surface area contributed by atoms with Crippen LogP contribution in [0.4, 0.5) is 5.69 Å². The van der Waals surface area contributed by atoms with E-state index in [0.717, 1.165) is 43.1 Å². The zero-order valence-corrected chi connectivity index (χ0v) is 16.0. The zero-order valence-electron chi connectivity index (χ0n) is 16.0. The summed E-state index contributed by atoms with van der Waals surface area (Å²) in [5.74, 6) is -0.0769. The quantitative estimate of drug-likeness (QED) is 0.743. The molecule has 1 amide bonds. The number of anilines is 1. The minimum absolute atomic E-state index is 0.0769. The number of aromatic nitrogens is 2. The van der Waals surface area contributed by atoms with Crippen LogP contribution in [0.2, 0.25) is 0 Å². The van der Waals surface area contributed by atoms with Gasteiger partial charge in [0.2, 0.25) is 0 Å². The first-order chi connectivity index (χ1) is 13.7. The maximum Gasteiger partial charge on any atom is 0.271 e. The average Bonchev–Trinajstić information content (AvgIpc) is 3.25. The summed E-state index contributed by atoms with van der Waals surface area (Å²) in [6.07, 6.45) is 0. The predicted molar refractivity (Wildman–Crippen MR) is 109 cm³/mol. The van der Waals surface area contributed by atoms with Crippen LogP contribution in [0.5, 0.6) is 0 Å². The van der Waals surface area contributed by atoms with Crippen LogP contribution in [0, 0.1) is 0 Å². The van der Waals surface area contributed by atoms with E-state index in [-0.39, 0.29) is 5.91 Å². The predicted octanol–water partition coefficient (Wildman–Crippen LogP) is 3.19. The molecule has 4 rings (SSSR count). The second kappa shape index (κ2) is 8.27. The van der Waals surface area contributed by atoms with Crippen LogP contribution in [-0.4, -0.2) is 54.4 Å². The van der Waals surface area contributed by atoms with Gasteiger partial charge in [0.1, 0.15) is 5.69 Å². The number of nitrogens with one attached hydrogen (secondary N) is 1. The van der Waals surface area contributed by atoms with Crippen molar-refractivity contribution in [2.75, 3.05) is 38.3 Å². The molecule has 28 heavy (non-hydrogen) atoms. The van der Waals surface area contributed by atoms with Crippen molar-refractivity contribution in [3.8, 4) is 11.3 Å². The monoisotopic (exact) mass is 376 g/mol. The van der Waals surface area contributed by atoms with Crippen LogP contribution in [0.25, 0.3) is 11.3 Å². The zero-order chi connectivity index (χ0) is 19.3. The Morgan fingerprint density at radius 2 is 1.82 bits per heavy atom. The van der Waals surface area contributed by atoms with Crippen molar-refractivity contribution < 1.29 is 9.53 Å². The first-order valence-electron chi connectivity index (χ1n) is 9.48. The molecule has 2 aromatic carbocycles. The van der Waals surface area contributed by atoms with Gasteiger partial charge in [0, 0.05) is 37.9 Å². The number of rotatable bonds is 5. The summed E-state index contributed by atoms with van der Waals surface area (Å²) in [7, 11) is 1.81. The smallest absolute Gasteiger partial charge is 0.271 e. The van der Waals surface area contributed by atoms with Crippen LogP contribution in [-0.2, 0) is 11.3 Å². The number of amides is 1. The average molecular weight is 376 g/mol. The highest BCUT2D eigenvalue weighted by molar-refractivity contribution is 5.93. The van der Waals surface area contributed by atoms with Gasteiger partial charge in [-0.25, -0.2) is 0 Å². The van der Waals surface area contributed by atoms with Crippen LogP contribution >= 0.6 is 0 Å². The molecule has 1 N–H and O–H groups in total. The van der Waals surface area contributed by atoms with Crippen molar-refractivity contribution in [1.29, 1.82) is 0 Å². The number of benzene rings is 2. The third-order valence-electron chi connectivity index (χ3n) is 4.96. The van der Waals surface area contributed by atoms with Gasteiger partial charge >= 0.3 is 0 Å². The standard InChI is InChI=1S/C22H24N4O2/c1-25(16-17-7-9-19(10-8-17)26-11-13-28-14-12-26)22(27)21-15-20(23-24-21)18-5-3-2-4-6-18/h2-10,15H,11-14,16H2,1H3,(H,23,24). The van der Waals surface area contributed by atoms with Crippen molar-refractivity contribution in [2.45, 2.75) is 6.54 Å². The van der Waals surface area contributed by atoms with Crippen LogP contribution in [0.15, 0.2) is 60.7 Å². The van der Waals surface area contributed by atoms with E-state index in [1.807, 2.05) is 30.3 Å². The molecule has 0 radical (unpaired) electrons. The van der Waals surface area contributed by atoms with E-state index in [4.69, 9.17) is 4.74 Å². The molecule has 2 heterocycles. The number of ether oxygens (including phenoxy) is 1. The van der Waals surface area contributed by atoms with E-state index in [2.05, 4.69) is 39.4 Å². The fourth-order valence-electron chi connectivity index (χ4n) is 3.37. The molecule has 1 fully saturated rings. The maximum absolute atomic E-state index is 12.7. The van der Waals surface area contributed by atoms with Gasteiger partial charge in [-0.1, -0.05) is 42.5 Å². The van der Waals surface area contributed by atoms with Crippen molar-refractivity contribution >= 4 is 11.6 Å². The lowest BCUT2D eigenvalue weighted by molar-refractivity contribution is 0.0779. The highest BCUT2D eigenvalue weighted by atomic mass is 16.5. The summed E-state index contributed by atoms with van der Waals surface area (Å²) in [5.41, 5.74) is 4.54. The van der Waals surface area contributed by atoms with Gasteiger partial charge < -0.3 is 14.5 Å². The lowest BCUT2D eigenvalue weighted by Gasteiger charge is -2.29. The van der Waals surface area contributed by atoms with Gasteiger partial charge in [-0.05, 0) is 23.8 Å². The van der Waals surface area contributed by atoms with E-state index < -0.39 is 0 Å². The summed E-state index contributed by atoms with van der Waals surface area (Å²) >= 11 is 0. The SMILES string of the molecule is CN(Cc1ccc(N2CCOCC2)cc1)C(=O)c1cc(-c2ccccc2)n[nH]1. The lowest BCUT2D eigenvalue weighted by atomic mass is 10.1. The molecule has 0 spiro atoms. The molecule has 0 aliphatic carbocycles. The molecule has 1 aliphatic rings. The highest BCUT2D eigenvalue weighted by Crippen LogP contribution is 2.19. The Kier molecular flexibility index (Phi) is 5.39. The number of hydrogen-bond acceptors (Lipinski definition) is 4. The molecule has 1 aromatic heterocycles. The van der Waals surface area contributed by atoms with E-state index in [0.29, 0.717) is 12.2 Å². The van der Waals surface area contributed by atoms with Gasteiger partial charge in [0.15, 0.2) is 0 Å². The minimum Gasteiger partial charge on any atom is -0.378 e. The van der Waals surface area contributed by atoms with Crippen molar-refractivity contribution in [1.82, 2.24) is 15.1 Å². The Bertz CT molecular complexity index is 915. The minimum atomic E-state index is -0.0769. The Hall–Kier alpha value is -3.12.